The van der Waals surface area contributed by atoms with Gasteiger partial charge in [-0.05, 0) is 70.2 Å². The molecule has 0 unspecified atom stereocenters. The highest BCUT2D eigenvalue weighted by molar-refractivity contribution is 8.32. The molecule has 5 aromatic rings. The minimum Gasteiger partial charge on any atom is -0.454 e. The lowest BCUT2D eigenvalue weighted by Crippen LogP contribution is -2.01. The number of hydrogen-bond acceptors (Lipinski definition) is 2. The molecular weight excluding hydrogens is 386 g/mol. The van der Waals surface area contributed by atoms with Crippen LogP contribution < -0.4 is 4.74 Å². The van der Waals surface area contributed by atoms with Gasteiger partial charge in [0.2, 0.25) is 0 Å². The lowest BCUT2D eigenvalue weighted by molar-refractivity contribution is 0.485. The number of rotatable bonds is 2. The Hall–Kier alpha value is -3.30. The Morgan fingerprint density at radius 1 is 0.667 bits per heavy atom. The zero-order valence-electron chi connectivity index (χ0n) is 16.9. The number of aromatic nitrogens is 1. The van der Waals surface area contributed by atoms with Crippen molar-refractivity contribution in [1.29, 1.82) is 0 Å². The average molecular weight is 408 g/mol. The molecule has 0 saturated carbocycles. The molecule has 146 valence electrons. The molecule has 0 saturated heterocycles. The average Bonchev–Trinajstić information content (AvgIpc) is 2.78. The van der Waals surface area contributed by atoms with Gasteiger partial charge in [-0.15, -0.1) is 0 Å². The van der Waals surface area contributed by atoms with E-state index >= 15 is 0 Å². The second-order valence-corrected chi connectivity index (χ2v) is 11.7. The molecule has 2 heterocycles. The van der Waals surface area contributed by atoms with Gasteiger partial charge in [-0.1, -0.05) is 48.5 Å². The summed E-state index contributed by atoms with van der Waals surface area (Å²) in [4.78, 5) is 7.75. The van der Waals surface area contributed by atoms with Crippen LogP contribution in [0.4, 0.5) is 0 Å². The molecule has 30 heavy (non-hydrogen) atoms. The van der Waals surface area contributed by atoms with Gasteiger partial charge in [-0.2, -0.15) is 10.0 Å². The number of pyridine rings is 1. The second kappa shape index (κ2) is 6.35. The molecule has 0 N–H and O–H groups in total. The van der Waals surface area contributed by atoms with Gasteiger partial charge in [0, 0.05) is 16.3 Å². The van der Waals surface area contributed by atoms with Crippen LogP contribution in [-0.2, 0) is 0 Å². The third-order valence-electron chi connectivity index (χ3n) is 6.01. The first-order valence-electron chi connectivity index (χ1n) is 10.0. The SMILES string of the molecule is CS(C)(c1ccccc1)c1ccc2nc3c(cc2c1)Oc1cccc2cccc-3c12. The first kappa shape index (κ1) is 17.5. The van der Waals surface area contributed by atoms with Crippen LogP contribution in [0.1, 0.15) is 0 Å². The van der Waals surface area contributed by atoms with Crippen LogP contribution in [0.3, 0.4) is 0 Å². The molecule has 2 nitrogen and oxygen atoms in total. The predicted molar refractivity (Wildman–Crippen MR) is 127 cm³/mol. The fourth-order valence-electron chi connectivity index (χ4n) is 4.33. The highest BCUT2D eigenvalue weighted by Crippen LogP contribution is 2.57. The molecule has 6 rings (SSSR count). The Bertz CT molecular complexity index is 1440. The summed E-state index contributed by atoms with van der Waals surface area (Å²) in [6.07, 6.45) is 4.70. The molecule has 0 bridgehead atoms. The summed E-state index contributed by atoms with van der Waals surface area (Å²) < 4.78 is 6.31. The monoisotopic (exact) mass is 407 g/mol. The van der Waals surface area contributed by atoms with E-state index < -0.39 is 10.0 Å². The summed E-state index contributed by atoms with van der Waals surface area (Å²) in [6.45, 7) is 0. The molecule has 1 aromatic heterocycles. The minimum absolute atomic E-state index is 0.832. The Labute approximate surface area is 177 Å². The summed E-state index contributed by atoms with van der Waals surface area (Å²) >= 11 is 0. The molecule has 0 atom stereocenters. The summed E-state index contributed by atoms with van der Waals surface area (Å²) in [5, 5.41) is 3.45. The zero-order valence-corrected chi connectivity index (χ0v) is 17.7. The third kappa shape index (κ3) is 2.55. The van der Waals surface area contributed by atoms with Gasteiger partial charge in [0.25, 0.3) is 0 Å². The molecule has 0 radical (unpaired) electrons. The van der Waals surface area contributed by atoms with E-state index in [1.54, 1.807) is 0 Å². The van der Waals surface area contributed by atoms with Crippen LogP contribution in [0.25, 0.3) is 32.9 Å². The molecule has 0 amide bonds. The van der Waals surface area contributed by atoms with Gasteiger partial charge in [0.15, 0.2) is 5.75 Å². The molecule has 1 aliphatic heterocycles. The molecule has 0 aliphatic carbocycles. The van der Waals surface area contributed by atoms with Crippen LogP contribution in [0.5, 0.6) is 11.5 Å². The fraction of sp³-hybridized carbons (Fsp3) is 0.0741. The molecule has 4 aromatic carbocycles. The molecule has 3 heteroatoms. The minimum atomic E-state index is -1.10. The largest absolute Gasteiger partial charge is 0.454 e. The van der Waals surface area contributed by atoms with Crippen molar-refractivity contribution < 1.29 is 4.74 Å². The van der Waals surface area contributed by atoms with Crippen molar-refractivity contribution in [2.75, 3.05) is 12.5 Å². The van der Waals surface area contributed by atoms with E-state index in [1.165, 1.54) is 15.2 Å². The smallest absolute Gasteiger partial charge is 0.154 e. The van der Waals surface area contributed by atoms with Crippen LogP contribution in [0.2, 0.25) is 0 Å². The first-order chi connectivity index (χ1) is 14.6. The van der Waals surface area contributed by atoms with Crippen molar-refractivity contribution in [3.8, 4) is 22.8 Å². The Morgan fingerprint density at radius 2 is 1.47 bits per heavy atom. The Morgan fingerprint density at radius 3 is 2.30 bits per heavy atom. The number of ether oxygens (including phenoxy) is 1. The van der Waals surface area contributed by atoms with Crippen molar-refractivity contribution in [3.05, 3.63) is 91.0 Å². The lowest BCUT2D eigenvalue weighted by atomic mass is 9.97. The normalized spacial score (nSPS) is 13.1. The molecule has 0 fully saturated rings. The predicted octanol–water partition coefficient (Wildman–Crippen LogP) is 7.64. The lowest BCUT2D eigenvalue weighted by Gasteiger charge is -2.32. The quantitative estimate of drug-likeness (QED) is 0.294. The van der Waals surface area contributed by atoms with Gasteiger partial charge in [-0.25, -0.2) is 4.98 Å². The number of hydrogen-bond donors (Lipinski definition) is 0. The third-order valence-corrected chi connectivity index (χ3v) is 8.90. The molecular formula is C27H21NOS. The van der Waals surface area contributed by atoms with E-state index in [1.807, 2.05) is 12.1 Å². The topological polar surface area (TPSA) is 22.1 Å². The first-order valence-corrected chi connectivity index (χ1v) is 12.5. The van der Waals surface area contributed by atoms with E-state index in [2.05, 4.69) is 91.4 Å². The number of fused-ring (bicyclic) bond motifs is 3. The van der Waals surface area contributed by atoms with Crippen molar-refractivity contribution in [1.82, 2.24) is 4.98 Å². The molecule has 0 spiro atoms. The van der Waals surface area contributed by atoms with Crippen molar-refractivity contribution in [2.24, 2.45) is 0 Å². The fourth-order valence-corrected chi connectivity index (χ4v) is 6.27. The van der Waals surface area contributed by atoms with Crippen molar-refractivity contribution in [3.63, 3.8) is 0 Å². The number of nitrogens with zero attached hydrogens (tertiary/aromatic N) is 1. The van der Waals surface area contributed by atoms with Crippen LogP contribution in [0, 0.1) is 0 Å². The van der Waals surface area contributed by atoms with Crippen LogP contribution in [0.15, 0.2) is 101 Å². The van der Waals surface area contributed by atoms with Crippen molar-refractivity contribution >= 4 is 31.7 Å². The summed E-state index contributed by atoms with van der Waals surface area (Å²) in [5.74, 6) is 1.74. The highest BCUT2D eigenvalue weighted by atomic mass is 32.3. The van der Waals surface area contributed by atoms with Gasteiger partial charge < -0.3 is 4.74 Å². The summed E-state index contributed by atoms with van der Waals surface area (Å²) in [7, 11) is -1.10. The maximum absolute atomic E-state index is 6.31. The van der Waals surface area contributed by atoms with Gasteiger partial charge in [0.1, 0.15) is 11.4 Å². The maximum atomic E-state index is 6.31. The Kier molecular flexibility index (Phi) is 3.71. The maximum Gasteiger partial charge on any atom is 0.154 e. The van der Waals surface area contributed by atoms with Crippen molar-refractivity contribution in [2.45, 2.75) is 9.79 Å². The standard InChI is InChI=1S/C27H21NOS/c1-30(2,20-10-4-3-5-11-20)21-14-15-23-19(16-21)17-25-27(28-23)22-12-6-8-18-9-7-13-24(29-25)26(18)22/h3-17H,1-2H3. The van der Waals surface area contributed by atoms with Gasteiger partial charge in [-0.3, -0.25) is 0 Å². The zero-order chi connectivity index (χ0) is 20.3. The van der Waals surface area contributed by atoms with E-state index in [-0.39, 0.29) is 0 Å². The highest BCUT2D eigenvalue weighted by Gasteiger charge is 2.23. The van der Waals surface area contributed by atoms with Crippen LogP contribution in [-0.4, -0.2) is 17.5 Å². The second-order valence-electron chi connectivity index (χ2n) is 8.09. The van der Waals surface area contributed by atoms with Gasteiger partial charge in [0.05, 0.1) is 5.52 Å². The van der Waals surface area contributed by atoms with E-state index in [0.717, 1.165) is 39.0 Å². The Balaban J connectivity index is 1.54. The number of benzene rings is 4. The van der Waals surface area contributed by atoms with E-state index in [4.69, 9.17) is 9.72 Å². The van der Waals surface area contributed by atoms with E-state index in [9.17, 15) is 0 Å². The summed E-state index contributed by atoms with van der Waals surface area (Å²) in [6, 6.07) is 32.2. The summed E-state index contributed by atoms with van der Waals surface area (Å²) in [5.41, 5.74) is 3.07. The van der Waals surface area contributed by atoms with E-state index in [0.29, 0.717) is 0 Å². The molecule has 1 aliphatic rings. The van der Waals surface area contributed by atoms with Crippen LogP contribution >= 0.6 is 10.0 Å². The van der Waals surface area contributed by atoms with Gasteiger partial charge >= 0.3 is 0 Å².